The number of benzene rings is 1. The summed E-state index contributed by atoms with van der Waals surface area (Å²) in [4.78, 5) is 11.9. The van der Waals surface area contributed by atoms with Crippen LogP contribution in [0.1, 0.15) is 6.42 Å². The number of nitrogens with one attached hydrogen (secondary N) is 1. The monoisotopic (exact) mass is 382 g/mol. The van der Waals surface area contributed by atoms with Gasteiger partial charge in [-0.15, -0.1) is 0 Å². The molecule has 3 rings (SSSR count). The van der Waals surface area contributed by atoms with Crippen LogP contribution < -0.4 is 5.32 Å². The molecule has 5 nitrogen and oxygen atoms in total. The summed E-state index contributed by atoms with van der Waals surface area (Å²) in [6.07, 6.45) is 3.78. The Morgan fingerprint density at radius 1 is 1.36 bits per heavy atom. The maximum Gasteiger partial charge on any atom is 0.222 e. The van der Waals surface area contributed by atoms with Crippen LogP contribution in [0.3, 0.4) is 0 Å². The van der Waals surface area contributed by atoms with Gasteiger partial charge in [0.25, 0.3) is 0 Å². The van der Waals surface area contributed by atoms with E-state index >= 15 is 0 Å². The lowest BCUT2D eigenvalue weighted by atomic mass is 10.2. The number of rotatable bonds is 4. The number of carbonyl (C=O) groups excluding carboxylic acids is 1. The Bertz CT molecular complexity index is 855. The van der Waals surface area contributed by atoms with Crippen molar-refractivity contribution < 1.29 is 13.2 Å². The van der Waals surface area contributed by atoms with Crippen molar-refractivity contribution in [3.63, 3.8) is 0 Å². The molecule has 1 aliphatic heterocycles. The molecule has 116 valence electrons. The van der Waals surface area contributed by atoms with Crippen molar-refractivity contribution in [3.05, 3.63) is 46.4 Å². The molecule has 22 heavy (non-hydrogen) atoms. The molecule has 0 aliphatic carbocycles. The number of amides is 1. The Labute approximate surface area is 137 Å². The highest BCUT2D eigenvalue weighted by molar-refractivity contribution is 9.10. The molecule has 1 aromatic carbocycles. The van der Waals surface area contributed by atoms with Gasteiger partial charge in [0.15, 0.2) is 9.84 Å². The molecule has 1 aliphatic rings. The zero-order valence-corrected chi connectivity index (χ0v) is 14.1. The summed E-state index contributed by atoms with van der Waals surface area (Å²) in [7, 11) is -3.14. The maximum atomic E-state index is 11.9. The Morgan fingerprint density at radius 2 is 2.18 bits per heavy atom. The highest BCUT2D eigenvalue weighted by Crippen LogP contribution is 2.21. The van der Waals surface area contributed by atoms with Crippen molar-refractivity contribution in [1.29, 1.82) is 0 Å². The van der Waals surface area contributed by atoms with Gasteiger partial charge in [0.2, 0.25) is 5.91 Å². The zero-order valence-electron chi connectivity index (χ0n) is 11.7. The van der Waals surface area contributed by atoms with Gasteiger partial charge in [-0.1, -0.05) is 15.9 Å². The van der Waals surface area contributed by atoms with Gasteiger partial charge in [0.05, 0.1) is 11.8 Å². The first-order chi connectivity index (χ1) is 10.4. The van der Waals surface area contributed by atoms with Crippen LogP contribution >= 0.6 is 15.9 Å². The van der Waals surface area contributed by atoms with Crippen molar-refractivity contribution in [3.8, 4) is 0 Å². The molecule has 1 N–H and O–H groups in total. The minimum atomic E-state index is -3.14. The SMILES string of the molecule is O=C(CCn1ccc2cc(Br)ccc21)N[C@@H]1C=CS(=O)(=O)C1. The van der Waals surface area contributed by atoms with Gasteiger partial charge in [-0.25, -0.2) is 8.42 Å². The van der Waals surface area contributed by atoms with Crippen molar-refractivity contribution in [1.82, 2.24) is 9.88 Å². The Balaban J connectivity index is 1.60. The number of fused-ring (bicyclic) bond motifs is 1. The minimum absolute atomic E-state index is 0.0424. The van der Waals surface area contributed by atoms with E-state index in [9.17, 15) is 13.2 Å². The van der Waals surface area contributed by atoms with Crippen LogP contribution in [-0.2, 0) is 21.2 Å². The number of carbonyl (C=O) groups is 1. The van der Waals surface area contributed by atoms with E-state index in [0.717, 1.165) is 20.8 Å². The number of sulfone groups is 1. The fraction of sp³-hybridized carbons (Fsp3) is 0.267. The summed E-state index contributed by atoms with van der Waals surface area (Å²) < 4.78 is 25.6. The van der Waals surface area contributed by atoms with Gasteiger partial charge in [0.1, 0.15) is 0 Å². The third kappa shape index (κ3) is 3.41. The van der Waals surface area contributed by atoms with Gasteiger partial charge < -0.3 is 9.88 Å². The molecule has 0 saturated heterocycles. The first-order valence-corrected chi connectivity index (χ1v) is 9.38. The molecule has 0 unspecified atom stereocenters. The lowest BCUT2D eigenvalue weighted by molar-refractivity contribution is -0.121. The second-order valence-electron chi connectivity index (χ2n) is 5.29. The molecular formula is C15H15BrN2O3S. The van der Waals surface area contributed by atoms with Gasteiger partial charge in [-0.3, -0.25) is 4.79 Å². The van der Waals surface area contributed by atoms with Crippen LogP contribution in [0, 0.1) is 0 Å². The van der Waals surface area contributed by atoms with Gasteiger partial charge in [-0.05, 0) is 30.3 Å². The summed E-state index contributed by atoms with van der Waals surface area (Å²) in [5.41, 5.74) is 1.07. The summed E-state index contributed by atoms with van der Waals surface area (Å²) in [6, 6.07) is 7.59. The summed E-state index contributed by atoms with van der Waals surface area (Å²) >= 11 is 3.43. The molecule has 1 amide bonds. The number of aryl methyl sites for hydroxylation is 1. The smallest absolute Gasteiger partial charge is 0.222 e. The lowest BCUT2D eigenvalue weighted by Gasteiger charge is -2.10. The van der Waals surface area contributed by atoms with Crippen molar-refractivity contribution in [2.24, 2.45) is 0 Å². The summed E-state index contributed by atoms with van der Waals surface area (Å²) in [5, 5.41) is 5.00. The zero-order chi connectivity index (χ0) is 15.7. The van der Waals surface area contributed by atoms with Crippen LogP contribution in [0.15, 0.2) is 46.4 Å². The standard InChI is InChI=1S/C15H15BrN2O3S/c16-12-1-2-14-11(9-12)3-6-18(14)7-4-15(19)17-13-5-8-22(20,21)10-13/h1-3,5-6,8-9,13H,4,7,10H2,(H,17,19)/t13-/m1/s1. The van der Waals surface area contributed by atoms with E-state index in [-0.39, 0.29) is 11.7 Å². The lowest BCUT2D eigenvalue weighted by Crippen LogP contribution is -2.35. The third-order valence-electron chi connectivity index (χ3n) is 3.59. The topological polar surface area (TPSA) is 68.2 Å². The highest BCUT2D eigenvalue weighted by atomic mass is 79.9. The Morgan fingerprint density at radius 3 is 2.91 bits per heavy atom. The Hall–Kier alpha value is -1.60. The number of aromatic nitrogens is 1. The molecule has 2 aromatic rings. The largest absolute Gasteiger partial charge is 0.349 e. The molecule has 0 spiro atoms. The quantitative estimate of drug-likeness (QED) is 0.881. The second-order valence-corrected chi connectivity index (χ2v) is 8.14. The van der Waals surface area contributed by atoms with Gasteiger partial charge in [-0.2, -0.15) is 0 Å². The molecule has 0 radical (unpaired) electrons. The first kappa shape index (κ1) is 15.3. The average Bonchev–Trinajstić information content (AvgIpc) is 2.99. The van der Waals surface area contributed by atoms with Crippen LogP contribution in [-0.4, -0.2) is 30.7 Å². The van der Waals surface area contributed by atoms with Crippen LogP contribution in [0.4, 0.5) is 0 Å². The molecule has 1 aromatic heterocycles. The molecule has 2 heterocycles. The molecule has 0 fully saturated rings. The van der Waals surface area contributed by atoms with Crippen molar-refractivity contribution in [2.75, 3.05) is 5.75 Å². The van der Waals surface area contributed by atoms with E-state index in [1.165, 1.54) is 6.08 Å². The fourth-order valence-corrected chi connectivity index (χ4v) is 4.15. The fourth-order valence-electron chi connectivity index (χ4n) is 2.53. The van der Waals surface area contributed by atoms with Crippen molar-refractivity contribution in [2.45, 2.75) is 19.0 Å². The van der Waals surface area contributed by atoms with Gasteiger partial charge >= 0.3 is 0 Å². The van der Waals surface area contributed by atoms with E-state index < -0.39 is 15.9 Å². The van der Waals surface area contributed by atoms with Crippen LogP contribution in [0.25, 0.3) is 10.9 Å². The van der Waals surface area contributed by atoms with Gasteiger partial charge in [0, 0.05) is 39.9 Å². The first-order valence-electron chi connectivity index (χ1n) is 6.88. The predicted molar refractivity (Wildman–Crippen MR) is 89.1 cm³/mol. The van der Waals surface area contributed by atoms with E-state index in [0.29, 0.717) is 13.0 Å². The van der Waals surface area contributed by atoms with Crippen LogP contribution in [0.5, 0.6) is 0 Å². The Kier molecular flexibility index (Phi) is 4.10. The summed E-state index contributed by atoms with van der Waals surface area (Å²) in [6.45, 7) is 0.556. The number of halogens is 1. The molecule has 0 bridgehead atoms. The maximum absolute atomic E-state index is 11.9. The third-order valence-corrected chi connectivity index (χ3v) is 5.48. The van der Waals surface area contributed by atoms with E-state index in [2.05, 4.69) is 21.2 Å². The number of hydrogen-bond donors (Lipinski definition) is 1. The van der Waals surface area contributed by atoms with Crippen molar-refractivity contribution >= 4 is 42.6 Å². The van der Waals surface area contributed by atoms with E-state index in [4.69, 9.17) is 0 Å². The average molecular weight is 383 g/mol. The molecule has 0 saturated carbocycles. The predicted octanol–water partition coefficient (Wildman–Crippen LogP) is 2.22. The molecular weight excluding hydrogens is 368 g/mol. The summed E-state index contributed by atoms with van der Waals surface area (Å²) in [5.74, 6) is -0.190. The van der Waals surface area contributed by atoms with Crippen LogP contribution in [0.2, 0.25) is 0 Å². The normalized spacial score (nSPS) is 19.6. The second kappa shape index (κ2) is 5.89. The van der Waals surface area contributed by atoms with E-state index in [1.807, 2.05) is 35.0 Å². The minimum Gasteiger partial charge on any atom is -0.349 e. The highest BCUT2D eigenvalue weighted by Gasteiger charge is 2.22. The number of hydrogen-bond acceptors (Lipinski definition) is 3. The molecule has 7 heteroatoms. The number of nitrogens with zero attached hydrogens (tertiary/aromatic N) is 1. The molecule has 1 atom stereocenters. The van der Waals surface area contributed by atoms with E-state index in [1.54, 1.807) is 0 Å².